The second kappa shape index (κ2) is 4.69. The first-order valence-corrected chi connectivity index (χ1v) is 6.42. The zero-order valence-electron chi connectivity index (χ0n) is 11.3. The molecule has 1 aliphatic heterocycles. The van der Waals surface area contributed by atoms with Crippen LogP contribution in [0.3, 0.4) is 0 Å². The molecule has 0 saturated heterocycles. The summed E-state index contributed by atoms with van der Waals surface area (Å²) >= 11 is 0. The van der Waals surface area contributed by atoms with Crippen LogP contribution in [0.4, 0.5) is 0 Å². The van der Waals surface area contributed by atoms with Crippen LogP contribution in [0.15, 0.2) is 24.3 Å². The van der Waals surface area contributed by atoms with Gasteiger partial charge in [-0.1, -0.05) is 39.0 Å². The summed E-state index contributed by atoms with van der Waals surface area (Å²) < 4.78 is 6.10. The average Bonchev–Trinajstić information content (AvgIpc) is 2.25. The SMILES string of the molecule is CNC1CC(CC(C)(C)C)Oc2ccccc21. The first-order chi connectivity index (χ1) is 7.99. The zero-order valence-corrected chi connectivity index (χ0v) is 11.3. The number of hydrogen-bond acceptors (Lipinski definition) is 2. The van der Waals surface area contributed by atoms with Crippen molar-refractivity contribution in [1.82, 2.24) is 5.32 Å². The molecule has 2 rings (SSSR count). The molecule has 17 heavy (non-hydrogen) atoms. The van der Waals surface area contributed by atoms with Crippen molar-refractivity contribution in [3.05, 3.63) is 29.8 Å². The highest BCUT2D eigenvalue weighted by atomic mass is 16.5. The Balaban J connectivity index is 2.18. The summed E-state index contributed by atoms with van der Waals surface area (Å²) in [6.07, 6.45) is 2.48. The smallest absolute Gasteiger partial charge is 0.124 e. The number of benzene rings is 1. The van der Waals surface area contributed by atoms with Crippen LogP contribution in [0.25, 0.3) is 0 Å². The van der Waals surface area contributed by atoms with E-state index in [1.54, 1.807) is 0 Å². The maximum Gasteiger partial charge on any atom is 0.124 e. The lowest BCUT2D eigenvalue weighted by molar-refractivity contribution is 0.107. The van der Waals surface area contributed by atoms with Crippen LogP contribution in [0.1, 0.15) is 45.2 Å². The molecule has 1 heterocycles. The molecule has 0 radical (unpaired) electrons. The third kappa shape index (κ3) is 3.01. The van der Waals surface area contributed by atoms with E-state index in [1.807, 2.05) is 13.1 Å². The highest BCUT2D eigenvalue weighted by Crippen LogP contribution is 2.37. The van der Waals surface area contributed by atoms with Crippen molar-refractivity contribution in [3.63, 3.8) is 0 Å². The van der Waals surface area contributed by atoms with Crippen molar-refractivity contribution >= 4 is 0 Å². The van der Waals surface area contributed by atoms with Gasteiger partial charge in [0, 0.05) is 18.0 Å². The molecule has 0 spiro atoms. The second-order valence-electron chi connectivity index (χ2n) is 6.12. The van der Waals surface area contributed by atoms with Crippen molar-refractivity contribution in [1.29, 1.82) is 0 Å². The van der Waals surface area contributed by atoms with Gasteiger partial charge in [0.05, 0.1) is 0 Å². The van der Waals surface area contributed by atoms with E-state index in [9.17, 15) is 0 Å². The molecule has 0 amide bonds. The minimum absolute atomic E-state index is 0.315. The van der Waals surface area contributed by atoms with Crippen LogP contribution in [0.5, 0.6) is 5.75 Å². The minimum Gasteiger partial charge on any atom is -0.490 e. The highest BCUT2D eigenvalue weighted by molar-refractivity contribution is 5.37. The predicted octanol–water partition coefficient (Wildman–Crippen LogP) is 3.53. The largest absolute Gasteiger partial charge is 0.490 e. The van der Waals surface area contributed by atoms with Crippen LogP contribution >= 0.6 is 0 Å². The Bertz CT molecular complexity index is 381. The third-order valence-corrected chi connectivity index (χ3v) is 3.28. The lowest BCUT2D eigenvalue weighted by atomic mass is 9.85. The van der Waals surface area contributed by atoms with Gasteiger partial charge in [-0.3, -0.25) is 0 Å². The molecule has 2 nitrogen and oxygen atoms in total. The maximum atomic E-state index is 6.10. The molecule has 0 saturated carbocycles. The van der Waals surface area contributed by atoms with E-state index in [1.165, 1.54) is 5.56 Å². The molecular formula is C15H23NO. The summed E-state index contributed by atoms with van der Waals surface area (Å²) in [5.41, 5.74) is 1.61. The van der Waals surface area contributed by atoms with E-state index >= 15 is 0 Å². The number of rotatable bonds is 2. The average molecular weight is 233 g/mol. The van der Waals surface area contributed by atoms with Crippen molar-refractivity contribution in [3.8, 4) is 5.75 Å². The van der Waals surface area contributed by atoms with Gasteiger partial charge in [-0.15, -0.1) is 0 Å². The quantitative estimate of drug-likeness (QED) is 0.843. The molecule has 0 fully saturated rings. The number of ether oxygens (including phenoxy) is 1. The third-order valence-electron chi connectivity index (χ3n) is 3.28. The summed E-state index contributed by atoms with van der Waals surface area (Å²) in [7, 11) is 2.03. The second-order valence-corrected chi connectivity index (χ2v) is 6.12. The van der Waals surface area contributed by atoms with E-state index in [2.05, 4.69) is 44.3 Å². The fraction of sp³-hybridized carbons (Fsp3) is 0.600. The topological polar surface area (TPSA) is 21.3 Å². The Morgan fingerprint density at radius 3 is 2.65 bits per heavy atom. The van der Waals surface area contributed by atoms with Crippen LogP contribution in [0.2, 0.25) is 0 Å². The molecule has 0 aromatic heterocycles. The van der Waals surface area contributed by atoms with Crippen molar-refractivity contribution in [2.45, 2.75) is 45.8 Å². The fourth-order valence-corrected chi connectivity index (χ4v) is 2.57. The Hall–Kier alpha value is -1.02. The van der Waals surface area contributed by atoms with E-state index in [-0.39, 0.29) is 0 Å². The molecule has 1 aromatic rings. The van der Waals surface area contributed by atoms with E-state index in [0.29, 0.717) is 17.6 Å². The van der Waals surface area contributed by atoms with Gasteiger partial charge in [0.1, 0.15) is 11.9 Å². The van der Waals surface area contributed by atoms with Gasteiger partial charge in [-0.05, 0) is 24.9 Å². The monoisotopic (exact) mass is 233 g/mol. The van der Waals surface area contributed by atoms with Crippen molar-refractivity contribution in [2.24, 2.45) is 5.41 Å². The van der Waals surface area contributed by atoms with Gasteiger partial charge in [-0.2, -0.15) is 0 Å². The van der Waals surface area contributed by atoms with Gasteiger partial charge < -0.3 is 10.1 Å². The summed E-state index contributed by atoms with van der Waals surface area (Å²) in [5.74, 6) is 1.05. The van der Waals surface area contributed by atoms with E-state index in [4.69, 9.17) is 4.74 Å². The zero-order chi connectivity index (χ0) is 12.5. The standard InChI is InChI=1S/C15H23NO/c1-15(2,3)10-11-9-13(16-4)12-7-5-6-8-14(12)17-11/h5-8,11,13,16H,9-10H2,1-4H3. The summed E-state index contributed by atoms with van der Waals surface area (Å²) in [4.78, 5) is 0. The molecular weight excluding hydrogens is 210 g/mol. The number of hydrogen-bond donors (Lipinski definition) is 1. The molecule has 0 bridgehead atoms. The van der Waals surface area contributed by atoms with Crippen LogP contribution in [0, 0.1) is 5.41 Å². The first-order valence-electron chi connectivity index (χ1n) is 6.42. The van der Waals surface area contributed by atoms with Crippen molar-refractivity contribution in [2.75, 3.05) is 7.05 Å². The fourth-order valence-electron chi connectivity index (χ4n) is 2.57. The molecule has 1 aliphatic rings. The van der Waals surface area contributed by atoms with E-state index in [0.717, 1.165) is 18.6 Å². The number of para-hydroxylation sites is 1. The van der Waals surface area contributed by atoms with Crippen LogP contribution < -0.4 is 10.1 Å². The molecule has 1 aromatic carbocycles. The summed E-state index contributed by atoms with van der Waals surface area (Å²) in [6.45, 7) is 6.81. The van der Waals surface area contributed by atoms with Gasteiger partial charge in [0.25, 0.3) is 0 Å². The summed E-state index contributed by atoms with van der Waals surface area (Å²) in [5, 5.41) is 3.40. The Kier molecular flexibility index (Phi) is 3.43. The highest BCUT2D eigenvalue weighted by Gasteiger charge is 2.29. The lowest BCUT2D eigenvalue weighted by Crippen LogP contribution is -2.33. The predicted molar refractivity (Wildman–Crippen MR) is 71.3 cm³/mol. The Morgan fingerprint density at radius 1 is 1.29 bits per heavy atom. The van der Waals surface area contributed by atoms with Crippen LogP contribution in [-0.2, 0) is 0 Å². The first kappa shape index (κ1) is 12.4. The van der Waals surface area contributed by atoms with Crippen LogP contribution in [-0.4, -0.2) is 13.2 Å². The molecule has 1 N–H and O–H groups in total. The summed E-state index contributed by atoms with van der Waals surface area (Å²) in [6, 6.07) is 8.78. The molecule has 2 atom stereocenters. The molecule has 0 aliphatic carbocycles. The molecule has 2 heteroatoms. The van der Waals surface area contributed by atoms with Gasteiger partial charge >= 0.3 is 0 Å². The van der Waals surface area contributed by atoms with Gasteiger partial charge in [-0.25, -0.2) is 0 Å². The number of nitrogens with one attached hydrogen (secondary N) is 1. The minimum atomic E-state index is 0.315. The van der Waals surface area contributed by atoms with E-state index < -0.39 is 0 Å². The molecule has 94 valence electrons. The van der Waals surface area contributed by atoms with Gasteiger partial charge in [0.2, 0.25) is 0 Å². The molecule has 2 unspecified atom stereocenters. The number of fused-ring (bicyclic) bond motifs is 1. The lowest BCUT2D eigenvalue weighted by Gasteiger charge is -2.35. The Morgan fingerprint density at radius 2 is 2.00 bits per heavy atom. The van der Waals surface area contributed by atoms with Crippen molar-refractivity contribution < 1.29 is 4.74 Å². The van der Waals surface area contributed by atoms with Gasteiger partial charge in [0.15, 0.2) is 0 Å². The normalized spacial score (nSPS) is 24.0. The maximum absolute atomic E-state index is 6.10. The Labute approximate surface area is 104 Å².